The maximum Gasteiger partial charge on any atom is 0.410 e. The van der Waals surface area contributed by atoms with Gasteiger partial charge in [-0.1, -0.05) is 18.2 Å². The third-order valence-corrected chi connectivity index (χ3v) is 4.78. The van der Waals surface area contributed by atoms with Crippen LogP contribution in [0, 0.1) is 10.1 Å². The number of benzene rings is 1. The van der Waals surface area contributed by atoms with Gasteiger partial charge in [-0.2, -0.15) is 4.68 Å². The zero-order chi connectivity index (χ0) is 15.5. The van der Waals surface area contributed by atoms with Crippen molar-refractivity contribution in [3.63, 3.8) is 0 Å². The first-order chi connectivity index (χ1) is 9.88. The molecule has 0 amide bonds. The van der Waals surface area contributed by atoms with Crippen LogP contribution in [0.5, 0.6) is 0 Å². The maximum atomic E-state index is 11.3. The molecule has 0 saturated heterocycles. The number of aromatic nitrogens is 2. The summed E-state index contributed by atoms with van der Waals surface area (Å²) >= 11 is 1.53. The first kappa shape index (κ1) is 15.8. The van der Waals surface area contributed by atoms with Gasteiger partial charge in [0.15, 0.2) is 0 Å². The molecule has 112 valence electrons. The number of nitrogens with zero attached hydrogens (tertiary/aromatic N) is 3. The summed E-state index contributed by atoms with van der Waals surface area (Å²) in [4.78, 5) is 10.4. The van der Waals surface area contributed by atoms with Gasteiger partial charge in [0, 0.05) is 21.3 Å². The second-order valence-electron chi connectivity index (χ2n) is 3.94. The molecular formula is C11H10ClN3O4S2. The Hall–Kier alpha value is -1.58. The summed E-state index contributed by atoms with van der Waals surface area (Å²) in [5.41, 5.74) is 0. The first-order valence-electron chi connectivity index (χ1n) is 5.72. The Morgan fingerprint density at radius 1 is 1.33 bits per heavy atom. The molecule has 1 aromatic carbocycles. The van der Waals surface area contributed by atoms with Crippen LogP contribution in [0.15, 0.2) is 46.3 Å². The molecule has 0 atom stereocenters. The van der Waals surface area contributed by atoms with Crippen LogP contribution in [0.4, 0.5) is 5.82 Å². The summed E-state index contributed by atoms with van der Waals surface area (Å²) < 4.78 is 23.8. The fourth-order valence-electron chi connectivity index (χ4n) is 1.58. The molecule has 1 heterocycles. The van der Waals surface area contributed by atoms with Gasteiger partial charge in [-0.3, -0.25) is 0 Å². The van der Waals surface area contributed by atoms with E-state index < -0.39 is 24.7 Å². The largest absolute Gasteiger partial charge is 0.410 e. The van der Waals surface area contributed by atoms with Gasteiger partial charge in [0.05, 0.1) is 17.8 Å². The summed E-state index contributed by atoms with van der Waals surface area (Å²) in [5.74, 6) is -0.167. The lowest BCUT2D eigenvalue weighted by Crippen LogP contribution is -2.01. The van der Waals surface area contributed by atoms with Crippen molar-refractivity contribution in [1.29, 1.82) is 0 Å². The van der Waals surface area contributed by atoms with Crippen molar-refractivity contribution in [2.24, 2.45) is 0 Å². The highest BCUT2D eigenvalue weighted by atomic mass is 35.7. The van der Waals surface area contributed by atoms with Gasteiger partial charge < -0.3 is 10.1 Å². The minimum absolute atomic E-state index is 0.326. The highest BCUT2D eigenvalue weighted by Crippen LogP contribution is 2.25. The van der Waals surface area contributed by atoms with Crippen LogP contribution in [-0.4, -0.2) is 28.9 Å². The Morgan fingerprint density at radius 3 is 2.52 bits per heavy atom. The van der Waals surface area contributed by atoms with E-state index in [1.165, 1.54) is 16.4 Å². The summed E-state index contributed by atoms with van der Waals surface area (Å²) in [7, 11) is 0.966. The molecule has 1 aromatic heterocycles. The molecule has 2 rings (SSSR count). The first-order valence-corrected chi connectivity index (χ1v) is 9.02. The molecule has 0 aliphatic rings. The fraction of sp³-hybridized carbons (Fsp3) is 0.182. The number of nitro groups is 1. The van der Waals surface area contributed by atoms with E-state index in [4.69, 9.17) is 10.7 Å². The van der Waals surface area contributed by atoms with Crippen molar-refractivity contribution in [2.45, 2.75) is 16.3 Å². The van der Waals surface area contributed by atoms with Crippen LogP contribution in [0.25, 0.3) is 0 Å². The second-order valence-corrected chi connectivity index (χ2v) is 7.64. The molecule has 0 aliphatic carbocycles. The van der Waals surface area contributed by atoms with Gasteiger partial charge in [0.25, 0.3) is 9.05 Å². The molecule has 0 aliphatic heterocycles. The van der Waals surface area contributed by atoms with Crippen molar-refractivity contribution >= 4 is 37.3 Å². The summed E-state index contributed by atoms with van der Waals surface area (Å²) in [6, 6.07) is 9.58. The molecule has 0 N–H and O–H groups in total. The van der Waals surface area contributed by atoms with Gasteiger partial charge in [-0.25, -0.2) is 8.42 Å². The predicted molar refractivity (Wildman–Crippen MR) is 79.1 cm³/mol. The van der Waals surface area contributed by atoms with E-state index in [1.54, 1.807) is 0 Å². The monoisotopic (exact) mass is 347 g/mol. The lowest BCUT2D eigenvalue weighted by atomic mass is 10.4. The summed E-state index contributed by atoms with van der Waals surface area (Å²) in [5, 5.41) is 14.4. The average Bonchev–Trinajstić information content (AvgIpc) is 2.84. The normalized spacial score (nSPS) is 11.5. The van der Waals surface area contributed by atoms with E-state index in [-0.39, 0.29) is 0 Å². The number of thioether (sulfide) groups is 1. The van der Waals surface area contributed by atoms with Crippen molar-refractivity contribution in [2.75, 3.05) is 5.75 Å². The second kappa shape index (κ2) is 6.46. The number of halogens is 1. The van der Waals surface area contributed by atoms with Crippen molar-refractivity contribution < 1.29 is 13.3 Å². The van der Waals surface area contributed by atoms with E-state index in [9.17, 15) is 18.5 Å². The maximum absolute atomic E-state index is 11.3. The fourth-order valence-corrected chi connectivity index (χ4v) is 3.35. The van der Waals surface area contributed by atoms with Crippen LogP contribution in [0.3, 0.4) is 0 Å². The molecule has 0 bridgehead atoms. The molecule has 0 radical (unpaired) electrons. The quantitative estimate of drug-likeness (QED) is 0.345. The van der Waals surface area contributed by atoms with Gasteiger partial charge in [0.1, 0.15) is 0 Å². The Bertz CT molecular complexity index is 746. The smallest absolute Gasteiger partial charge is 0.358 e. The number of aryl methyl sites for hydroxylation is 1. The van der Waals surface area contributed by atoms with Crippen LogP contribution < -0.4 is 0 Å². The zero-order valence-corrected chi connectivity index (χ0v) is 12.9. The standard InChI is InChI=1S/C11H10ClN3O4S2/c12-21(18,19)10-8-14(13-11(10)15(16)17)6-7-20-9-4-2-1-3-5-9/h1-5,8H,6-7H2. The topological polar surface area (TPSA) is 95.1 Å². The van der Waals surface area contributed by atoms with Crippen LogP contribution in [0.1, 0.15) is 0 Å². The Morgan fingerprint density at radius 2 is 2.00 bits per heavy atom. The van der Waals surface area contributed by atoms with Crippen molar-refractivity contribution in [3.05, 3.63) is 46.6 Å². The molecule has 10 heteroatoms. The van der Waals surface area contributed by atoms with E-state index >= 15 is 0 Å². The third-order valence-electron chi connectivity index (χ3n) is 2.48. The average molecular weight is 348 g/mol. The summed E-state index contributed by atoms with van der Waals surface area (Å²) in [6.45, 7) is 0.326. The van der Waals surface area contributed by atoms with Gasteiger partial charge in [-0.05, 0) is 17.1 Å². The predicted octanol–water partition coefficient (Wildman–Crippen LogP) is 2.51. The zero-order valence-electron chi connectivity index (χ0n) is 10.5. The van der Waals surface area contributed by atoms with E-state index in [1.807, 2.05) is 30.3 Å². The lowest BCUT2D eigenvalue weighted by Gasteiger charge is -1.99. The Labute approximate surface area is 129 Å². The van der Waals surface area contributed by atoms with Crippen LogP contribution >= 0.6 is 22.4 Å². The van der Waals surface area contributed by atoms with Crippen LogP contribution in [0.2, 0.25) is 0 Å². The molecule has 0 unspecified atom stereocenters. The molecule has 0 saturated carbocycles. The molecule has 21 heavy (non-hydrogen) atoms. The Balaban J connectivity index is 2.09. The highest BCUT2D eigenvalue weighted by molar-refractivity contribution is 8.13. The highest BCUT2D eigenvalue weighted by Gasteiger charge is 2.29. The van der Waals surface area contributed by atoms with Crippen LogP contribution in [-0.2, 0) is 15.6 Å². The van der Waals surface area contributed by atoms with E-state index in [2.05, 4.69) is 5.10 Å². The number of rotatable bonds is 6. The van der Waals surface area contributed by atoms with Gasteiger partial charge >= 0.3 is 5.82 Å². The molecule has 2 aromatic rings. The van der Waals surface area contributed by atoms with E-state index in [0.717, 1.165) is 11.1 Å². The Kier molecular flexibility index (Phi) is 4.86. The molecule has 7 nitrogen and oxygen atoms in total. The molecule has 0 spiro atoms. The number of hydrogen-bond donors (Lipinski definition) is 0. The van der Waals surface area contributed by atoms with Crippen molar-refractivity contribution in [1.82, 2.24) is 9.78 Å². The SMILES string of the molecule is O=[N+]([O-])c1nn(CCSc2ccccc2)cc1S(=O)(=O)Cl. The minimum Gasteiger partial charge on any atom is -0.358 e. The lowest BCUT2D eigenvalue weighted by molar-refractivity contribution is -0.392. The third kappa shape index (κ3) is 4.19. The van der Waals surface area contributed by atoms with Crippen molar-refractivity contribution in [3.8, 4) is 0 Å². The molecular weight excluding hydrogens is 338 g/mol. The number of hydrogen-bond acceptors (Lipinski definition) is 6. The van der Waals surface area contributed by atoms with E-state index in [0.29, 0.717) is 12.3 Å². The summed E-state index contributed by atoms with van der Waals surface area (Å²) in [6.07, 6.45) is 1.08. The van der Waals surface area contributed by atoms with Gasteiger partial charge in [0.2, 0.25) is 4.90 Å². The minimum atomic E-state index is -4.19. The van der Waals surface area contributed by atoms with Gasteiger partial charge in [-0.15, -0.1) is 11.8 Å². The molecule has 0 fully saturated rings.